The SMILES string of the molecule is COC(=O)c1cc(CSC(=S)N2CCCC2)oc1C. The van der Waals surface area contributed by atoms with Gasteiger partial charge in [-0.05, 0) is 25.8 Å². The van der Waals surface area contributed by atoms with Crippen molar-refractivity contribution in [2.75, 3.05) is 20.2 Å². The first-order valence-corrected chi connectivity index (χ1v) is 7.60. The molecule has 1 fully saturated rings. The Morgan fingerprint density at radius 2 is 2.21 bits per heavy atom. The largest absolute Gasteiger partial charge is 0.465 e. The number of nitrogens with zero attached hydrogens (tertiary/aromatic N) is 1. The molecule has 0 bridgehead atoms. The molecule has 0 spiro atoms. The highest BCUT2D eigenvalue weighted by Gasteiger charge is 2.18. The van der Waals surface area contributed by atoms with Crippen LogP contribution in [-0.4, -0.2) is 35.4 Å². The number of methoxy groups -OCH3 is 1. The Bertz CT molecular complexity index is 478. The molecule has 0 unspecified atom stereocenters. The van der Waals surface area contributed by atoms with Crippen LogP contribution in [0.3, 0.4) is 0 Å². The number of aryl methyl sites for hydroxylation is 1. The van der Waals surface area contributed by atoms with E-state index in [1.165, 1.54) is 20.0 Å². The first-order valence-electron chi connectivity index (χ1n) is 6.21. The van der Waals surface area contributed by atoms with Crippen LogP contribution in [0.2, 0.25) is 0 Å². The van der Waals surface area contributed by atoms with Crippen LogP contribution in [0.5, 0.6) is 0 Å². The van der Waals surface area contributed by atoms with Gasteiger partial charge in [-0.1, -0.05) is 24.0 Å². The lowest BCUT2D eigenvalue weighted by Crippen LogP contribution is -2.23. The molecule has 1 aliphatic rings. The fourth-order valence-corrected chi connectivity index (χ4v) is 3.18. The van der Waals surface area contributed by atoms with E-state index < -0.39 is 0 Å². The molecule has 0 saturated carbocycles. The van der Waals surface area contributed by atoms with Crippen LogP contribution >= 0.6 is 24.0 Å². The lowest BCUT2D eigenvalue weighted by Gasteiger charge is -2.16. The second-order valence-corrected chi connectivity index (χ2v) is 6.03. The number of esters is 1. The molecule has 1 aromatic rings. The minimum absolute atomic E-state index is 0.361. The first-order chi connectivity index (χ1) is 9.11. The number of rotatable bonds is 3. The predicted octanol–water partition coefficient (Wildman–Crippen LogP) is 2.99. The van der Waals surface area contributed by atoms with E-state index in [0.29, 0.717) is 17.1 Å². The fraction of sp³-hybridized carbons (Fsp3) is 0.538. The normalized spacial score (nSPS) is 14.7. The molecule has 1 saturated heterocycles. The van der Waals surface area contributed by atoms with E-state index in [9.17, 15) is 4.79 Å². The van der Waals surface area contributed by atoms with Gasteiger partial charge < -0.3 is 14.1 Å². The van der Waals surface area contributed by atoms with Gasteiger partial charge in [-0.2, -0.15) is 0 Å². The highest BCUT2D eigenvalue weighted by molar-refractivity contribution is 8.22. The standard InChI is InChI=1S/C13H17NO3S2/c1-9-11(12(15)16-2)7-10(17-9)8-19-13(18)14-5-3-4-6-14/h7H,3-6,8H2,1-2H3. The minimum Gasteiger partial charge on any atom is -0.465 e. The van der Waals surface area contributed by atoms with Crippen LogP contribution in [0.1, 0.15) is 34.7 Å². The predicted molar refractivity (Wildman–Crippen MR) is 79.5 cm³/mol. The summed E-state index contributed by atoms with van der Waals surface area (Å²) < 4.78 is 11.2. The topological polar surface area (TPSA) is 42.7 Å². The molecule has 0 aliphatic carbocycles. The Morgan fingerprint density at radius 3 is 2.84 bits per heavy atom. The third-order valence-corrected chi connectivity index (χ3v) is 4.62. The maximum absolute atomic E-state index is 11.5. The molecule has 4 nitrogen and oxygen atoms in total. The number of thioether (sulfide) groups is 1. The molecule has 6 heteroatoms. The third-order valence-electron chi connectivity index (χ3n) is 3.08. The third kappa shape index (κ3) is 3.51. The smallest absolute Gasteiger partial charge is 0.341 e. The summed E-state index contributed by atoms with van der Waals surface area (Å²) in [6, 6.07) is 1.74. The van der Waals surface area contributed by atoms with Crippen molar-refractivity contribution in [3.05, 3.63) is 23.2 Å². The molecule has 2 heterocycles. The molecular weight excluding hydrogens is 282 g/mol. The molecule has 1 aliphatic heterocycles. The molecule has 0 N–H and O–H groups in total. The molecule has 2 rings (SSSR count). The summed E-state index contributed by atoms with van der Waals surface area (Å²) in [6.45, 7) is 3.87. The van der Waals surface area contributed by atoms with E-state index in [2.05, 4.69) is 4.90 Å². The molecule has 19 heavy (non-hydrogen) atoms. The zero-order valence-corrected chi connectivity index (χ0v) is 12.7. The number of carbonyl (C=O) groups excluding carboxylic acids is 1. The van der Waals surface area contributed by atoms with Crippen LogP contribution in [-0.2, 0) is 10.5 Å². The zero-order valence-electron chi connectivity index (χ0n) is 11.1. The number of thiocarbonyl (C=S) groups is 1. The maximum Gasteiger partial charge on any atom is 0.341 e. The summed E-state index contributed by atoms with van der Waals surface area (Å²) >= 11 is 6.96. The van der Waals surface area contributed by atoms with Gasteiger partial charge in [-0.25, -0.2) is 4.79 Å². The van der Waals surface area contributed by atoms with Gasteiger partial charge in [0, 0.05) is 13.1 Å². The van der Waals surface area contributed by atoms with Gasteiger partial charge in [-0.3, -0.25) is 0 Å². The van der Waals surface area contributed by atoms with Gasteiger partial charge in [-0.15, -0.1) is 0 Å². The van der Waals surface area contributed by atoms with E-state index in [1.807, 2.05) is 0 Å². The summed E-state index contributed by atoms with van der Waals surface area (Å²) in [5.74, 6) is 1.63. The van der Waals surface area contributed by atoms with Gasteiger partial charge in [0.05, 0.1) is 12.9 Å². The van der Waals surface area contributed by atoms with E-state index in [0.717, 1.165) is 23.2 Å². The number of hydrogen-bond donors (Lipinski definition) is 0. The van der Waals surface area contributed by atoms with Crippen molar-refractivity contribution in [1.82, 2.24) is 4.90 Å². The molecule has 0 atom stereocenters. The Morgan fingerprint density at radius 1 is 1.53 bits per heavy atom. The van der Waals surface area contributed by atoms with Crippen molar-refractivity contribution in [2.24, 2.45) is 0 Å². The van der Waals surface area contributed by atoms with Crippen LogP contribution in [0.4, 0.5) is 0 Å². The van der Waals surface area contributed by atoms with Crippen molar-refractivity contribution in [2.45, 2.75) is 25.5 Å². The van der Waals surface area contributed by atoms with Gasteiger partial charge in [0.1, 0.15) is 21.4 Å². The molecule has 1 aromatic heterocycles. The summed E-state index contributed by atoms with van der Waals surface area (Å²) in [6.07, 6.45) is 2.43. The first kappa shape index (κ1) is 14.4. The van der Waals surface area contributed by atoms with Gasteiger partial charge >= 0.3 is 5.97 Å². The second-order valence-electron chi connectivity index (χ2n) is 4.42. The monoisotopic (exact) mass is 299 g/mol. The van der Waals surface area contributed by atoms with Crippen molar-refractivity contribution in [3.8, 4) is 0 Å². The molecule has 0 radical (unpaired) electrons. The van der Waals surface area contributed by atoms with Gasteiger partial charge in [0.15, 0.2) is 0 Å². The van der Waals surface area contributed by atoms with Crippen molar-refractivity contribution in [1.29, 1.82) is 0 Å². The molecular formula is C13H17NO3S2. The molecule has 0 amide bonds. The Hall–Kier alpha value is -1.01. The lowest BCUT2D eigenvalue weighted by molar-refractivity contribution is 0.0599. The summed E-state index contributed by atoms with van der Waals surface area (Å²) in [7, 11) is 1.37. The van der Waals surface area contributed by atoms with Crippen LogP contribution in [0, 0.1) is 6.92 Å². The number of furan rings is 1. The van der Waals surface area contributed by atoms with Crippen molar-refractivity contribution >= 4 is 34.3 Å². The Kier molecular flexibility index (Phi) is 4.87. The van der Waals surface area contributed by atoms with Gasteiger partial charge in [0.2, 0.25) is 0 Å². The molecule has 0 aromatic carbocycles. The second kappa shape index (κ2) is 6.43. The maximum atomic E-state index is 11.5. The average Bonchev–Trinajstić information content (AvgIpc) is 3.04. The van der Waals surface area contributed by atoms with E-state index >= 15 is 0 Å². The Labute approximate surface area is 122 Å². The lowest BCUT2D eigenvalue weighted by atomic mass is 10.2. The van der Waals surface area contributed by atoms with Crippen LogP contribution in [0.25, 0.3) is 0 Å². The van der Waals surface area contributed by atoms with Crippen molar-refractivity contribution in [3.63, 3.8) is 0 Å². The summed E-state index contributed by atoms with van der Waals surface area (Å²) in [5, 5.41) is 0. The fourth-order valence-electron chi connectivity index (χ4n) is 2.05. The zero-order chi connectivity index (χ0) is 13.8. The highest BCUT2D eigenvalue weighted by Crippen LogP contribution is 2.23. The van der Waals surface area contributed by atoms with Crippen molar-refractivity contribution < 1.29 is 13.9 Å². The summed E-state index contributed by atoms with van der Waals surface area (Å²) in [5.41, 5.74) is 0.491. The molecule has 104 valence electrons. The number of likely N-dealkylation sites (tertiary alicyclic amines) is 1. The van der Waals surface area contributed by atoms with E-state index in [-0.39, 0.29) is 5.97 Å². The Balaban J connectivity index is 1.92. The van der Waals surface area contributed by atoms with E-state index in [1.54, 1.807) is 24.8 Å². The van der Waals surface area contributed by atoms with Crippen LogP contribution in [0.15, 0.2) is 10.5 Å². The van der Waals surface area contributed by atoms with Crippen LogP contribution < -0.4 is 0 Å². The summed E-state index contributed by atoms with van der Waals surface area (Å²) in [4.78, 5) is 13.7. The van der Waals surface area contributed by atoms with Gasteiger partial charge in [0.25, 0.3) is 0 Å². The average molecular weight is 299 g/mol. The quantitative estimate of drug-likeness (QED) is 0.631. The number of ether oxygens (including phenoxy) is 1. The number of hydrogen-bond acceptors (Lipinski definition) is 5. The number of carbonyl (C=O) groups is 1. The minimum atomic E-state index is -0.361. The van der Waals surface area contributed by atoms with E-state index in [4.69, 9.17) is 21.4 Å². The highest BCUT2D eigenvalue weighted by atomic mass is 32.2.